The highest BCUT2D eigenvalue weighted by Crippen LogP contribution is 2.31. The molecule has 0 bridgehead atoms. The van der Waals surface area contributed by atoms with Crippen molar-refractivity contribution in [1.82, 2.24) is 0 Å². The number of nitrogens with one attached hydrogen (secondary N) is 2. The second kappa shape index (κ2) is 13.2. The molecule has 0 aliphatic carbocycles. The van der Waals surface area contributed by atoms with Gasteiger partial charge < -0.3 is 25.6 Å². The number of carbonyl (C=O) groups is 2. The fourth-order valence-electron chi connectivity index (χ4n) is 3.17. The Balaban J connectivity index is 1.74. The van der Waals surface area contributed by atoms with E-state index in [9.17, 15) is 9.59 Å². The van der Waals surface area contributed by atoms with Gasteiger partial charge in [-0.15, -0.1) is 0 Å². The highest BCUT2D eigenvalue weighted by atomic mass is 79.9. The lowest BCUT2D eigenvalue weighted by Gasteiger charge is -2.20. The van der Waals surface area contributed by atoms with Crippen LogP contribution in [0.25, 0.3) is 0 Å². The van der Waals surface area contributed by atoms with Crippen molar-refractivity contribution in [3.05, 3.63) is 95.0 Å². The standard InChI is InChI=1S/C26H26BrN3O5/c27-18-12-14-19(15-13-18)29-26(33)35-24(20-6-1-4-9-23(20)34-17-16-31)10-5-11-25(32)30-22-8-3-2-7-21(22)28/h1-9,11-15,24,31H,10,16-17,28H2,(H,29,33)(H,30,32)/b11-5+/t24-/m0/s1. The van der Waals surface area contributed by atoms with Gasteiger partial charge in [0.25, 0.3) is 0 Å². The molecule has 3 rings (SSSR count). The Hall–Kier alpha value is -3.82. The molecule has 0 aliphatic rings. The van der Waals surface area contributed by atoms with Crippen molar-refractivity contribution in [2.45, 2.75) is 12.5 Å². The summed E-state index contributed by atoms with van der Waals surface area (Å²) < 4.78 is 12.2. The van der Waals surface area contributed by atoms with Gasteiger partial charge in [0, 0.05) is 22.1 Å². The number of carbonyl (C=O) groups excluding carboxylic acids is 2. The minimum absolute atomic E-state index is 0.0889. The molecule has 0 fully saturated rings. The number of anilines is 3. The highest BCUT2D eigenvalue weighted by molar-refractivity contribution is 9.10. The summed E-state index contributed by atoms with van der Waals surface area (Å²) in [5.41, 5.74) is 7.99. The van der Waals surface area contributed by atoms with Gasteiger partial charge in [0.15, 0.2) is 0 Å². The van der Waals surface area contributed by atoms with Crippen LogP contribution in [0.2, 0.25) is 0 Å². The monoisotopic (exact) mass is 539 g/mol. The molecule has 35 heavy (non-hydrogen) atoms. The van der Waals surface area contributed by atoms with Gasteiger partial charge in [-0.1, -0.05) is 52.3 Å². The smallest absolute Gasteiger partial charge is 0.412 e. The van der Waals surface area contributed by atoms with Gasteiger partial charge in [0.2, 0.25) is 5.91 Å². The normalized spacial score (nSPS) is 11.6. The van der Waals surface area contributed by atoms with Crippen LogP contribution in [0.4, 0.5) is 21.9 Å². The molecule has 3 aromatic rings. The van der Waals surface area contributed by atoms with Crippen LogP contribution < -0.4 is 21.1 Å². The van der Waals surface area contributed by atoms with Gasteiger partial charge in [0.05, 0.1) is 18.0 Å². The summed E-state index contributed by atoms with van der Waals surface area (Å²) in [6.07, 6.45) is 1.74. The molecule has 5 N–H and O–H groups in total. The quantitative estimate of drug-likeness (QED) is 0.205. The van der Waals surface area contributed by atoms with Crippen molar-refractivity contribution in [3.8, 4) is 5.75 Å². The third kappa shape index (κ3) is 8.16. The maximum Gasteiger partial charge on any atom is 0.412 e. The predicted octanol–water partition coefficient (Wildman–Crippen LogP) is 5.28. The zero-order valence-corrected chi connectivity index (χ0v) is 20.4. The topological polar surface area (TPSA) is 123 Å². The summed E-state index contributed by atoms with van der Waals surface area (Å²) >= 11 is 3.35. The van der Waals surface area contributed by atoms with E-state index >= 15 is 0 Å². The molecule has 9 heteroatoms. The third-order valence-corrected chi connectivity index (χ3v) is 5.32. The summed E-state index contributed by atoms with van der Waals surface area (Å²) in [6, 6.07) is 21.1. The highest BCUT2D eigenvalue weighted by Gasteiger charge is 2.20. The molecular formula is C26H26BrN3O5. The number of nitrogens with two attached hydrogens (primary N) is 1. The van der Waals surface area contributed by atoms with Crippen LogP contribution in [-0.2, 0) is 9.53 Å². The number of benzene rings is 3. The number of aliphatic hydroxyl groups excluding tert-OH is 1. The number of hydrogen-bond donors (Lipinski definition) is 4. The number of amides is 2. The van der Waals surface area contributed by atoms with E-state index < -0.39 is 12.2 Å². The summed E-state index contributed by atoms with van der Waals surface area (Å²) in [6.45, 7) is -0.0713. The molecule has 3 aromatic carbocycles. The third-order valence-electron chi connectivity index (χ3n) is 4.79. The predicted molar refractivity (Wildman–Crippen MR) is 139 cm³/mol. The Bertz CT molecular complexity index is 1170. The van der Waals surface area contributed by atoms with Crippen LogP contribution in [-0.4, -0.2) is 30.3 Å². The van der Waals surface area contributed by atoms with Gasteiger partial charge in [0.1, 0.15) is 18.5 Å². The Morgan fingerprint density at radius 2 is 1.71 bits per heavy atom. The largest absolute Gasteiger partial charge is 0.491 e. The zero-order valence-electron chi connectivity index (χ0n) is 18.8. The minimum Gasteiger partial charge on any atom is -0.491 e. The van der Waals surface area contributed by atoms with Crippen LogP contribution in [0.3, 0.4) is 0 Å². The van der Waals surface area contributed by atoms with Crippen molar-refractivity contribution in [2.75, 3.05) is 29.6 Å². The molecule has 0 unspecified atom stereocenters. The Morgan fingerprint density at radius 1 is 1.00 bits per heavy atom. The van der Waals surface area contributed by atoms with E-state index in [0.717, 1.165) is 4.47 Å². The molecule has 0 saturated heterocycles. The van der Waals surface area contributed by atoms with E-state index in [-0.39, 0.29) is 25.5 Å². The second-order valence-corrected chi connectivity index (χ2v) is 8.27. The lowest BCUT2D eigenvalue weighted by atomic mass is 10.0. The van der Waals surface area contributed by atoms with E-state index in [1.807, 2.05) is 0 Å². The van der Waals surface area contributed by atoms with Gasteiger partial charge in [-0.2, -0.15) is 0 Å². The first kappa shape index (κ1) is 25.8. The summed E-state index contributed by atoms with van der Waals surface area (Å²) in [5, 5.41) is 14.5. The van der Waals surface area contributed by atoms with E-state index in [0.29, 0.717) is 28.4 Å². The first-order valence-corrected chi connectivity index (χ1v) is 11.6. The summed E-state index contributed by atoms with van der Waals surface area (Å²) in [5.74, 6) is 0.101. The molecule has 0 aliphatic heterocycles. The number of rotatable bonds is 10. The molecule has 8 nitrogen and oxygen atoms in total. The van der Waals surface area contributed by atoms with Crippen LogP contribution in [0, 0.1) is 0 Å². The van der Waals surface area contributed by atoms with Gasteiger partial charge in [-0.25, -0.2) is 4.79 Å². The Morgan fingerprint density at radius 3 is 2.46 bits per heavy atom. The van der Waals surface area contributed by atoms with Crippen molar-refractivity contribution >= 4 is 45.0 Å². The molecule has 0 aromatic heterocycles. The molecule has 0 heterocycles. The maximum absolute atomic E-state index is 12.6. The van der Waals surface area contributed by atoms with Crippen LogP contribution in [0.1, 0.15) is 18.1 Å². The first-order valence-electron chi connectivity index (χ1n) is 10.8. The van der Waals surface area contributed by atoms with Crippen LogP contribution in [0.15, 0.2) is 89.4 Å². The van der Waals surface area contributed by atoms with E-state index in [2.05, 4.69) is 26.6 Å². The van der Waals surface area contributed by atoms with E-state index in [1.165, 1.54) is 6.08 Å². The lowest BCUT2D eigenvalue weighted by molar-refractivity contribution is -0.111. The number of halogens is 1. The van der Waals surface area contributed by atoms with E-state index in [4.69, 9.17) is 20.3 Å². The van der Waals surface area contributed by atoms with Crippen molar-refractivity contribution < 1.29 is 24.2 Å². The molecule has 1 atom stereocenters. The maximum atomic E-state index is 12.6. The number of hydrogen-bond acceptors (Lipinski definition) is 6. The molecule has 0 spiro atoms. The Labute approximate surface area is 211 Å². The SMILES string of the molecule is Nc1ccccc1NC(=O)/C=C/C[C@H](OC(=O)Nc1ccc(Br)cc1)c1ccccc1OCCO. The number of para-hydroxylation sites is 3. The number of aliphatic hydroxyl groups is 1. The minimum atomic E-state index is -0.758. The number of nitrogen functional groups attached to an aromatic ring is 1. The molecule has 182 valence electrons. The fraction of sp³-hybridized carbons (Fsp3) is 0.154. The molecule has 0 radical (unpaired) electrons. The van der Waals surface area contributed by atoms with E-state index in [1.54, 1.807) is 78.9 Å². The van der Waals surface area contributed by atoms with Crippen molar-refractivity contribution in [2.24, 2.45) is 0 Å². The number of ether oxygens (including phenoxy) is 2. The van der Waals surface area contributed by atoms with Crippen LogP contribution in [0.5, 0.6) is 5.75 Å². The fourth-order valence-corrected chi connectivity index (χ4v) is 3.43. The zero-order chi connectivity index (χ0) is 25.0. The van der Waals surface area contributed by atoms with Gasteiger partial charge in [-0.05, 0) is 48.5 Å². The average Bonchev–Trinajstić information content (AvgIpc) is 2.85. The average molecular weight is 540 g/mol. The van der Waals surface area contributed by atoms with Crippen molar-refractivity contribution in [1.29, 1.82) is 0 Å². The van der Waals surface area contributed by atoms with Gasteiger partial charge >= 0.3 is 6.09 Å². The molecule has 2 amide bonds. The second-order valence-electron chi connectivity index (χ2n) is 7.35. The lowest BCUT2D eigenvalue weighted by Crippen LogP contribution is -2.18. The summed E-state index contributed by atoms with van der Waals surface area (Å²) in [4.78, 5) is 25.0. The summed E-state index contributed by atoms with van der Waals surface area (Å²) in [7, 11) is 0. The molecular weight excluding hydrogens is 514 g/mol. The van der Waals surface area contributed by atoms with Crippen LogP contribution >= 0.6 is 15.9 Å². The first-order chi connectivity index (χ1) is 17.0. The molecule has 0 saturated carbocycles. The Kier molecular flexibility index (Phi) is 9.70. The van der Waals surface area contributed by atoms with Gasteiger partial charge in [-0.3, -0.25) is 10.1 Å². The van der Waals surface area contributed by atoms with Crippen molar-refractivity contribution in [3.63, 3.8) is 0 Å².